The van der Waals surface area contributed by atoms with E-state index in [2.05, 4.69) is 69.3 Å². The molecule has 122 valence electrons. The second-order valence-electron chi connectivity index (χ2n) is 6.10. The molecule has 1 aromatic rings. The minimum absolute atomic E-state index is 0.156. The summed E-state index contributed by atoms with van der Waals surface area (Å²) in [4.78, 5) is 0. The predicted octanol–water partition coefficient (Wildman–Crippen LogP) is 7.07. The maximum absolute atomic E-state index is 2.46. The highest BCUT2D eigenvalue weighted by Gasteiger charge is 2.36. The van der Waals surface area contributed by atoms with E-state index >= 15 is 0 Å². The standard InChI is InChI=1S/C20H28.C2H6/c1-4-12-17(5-2)20(3,18-13-8-6-9-14-18)19-15-10-7-11-16-19;1-2/h6,8-10,13-17H,4-5,7,11-12H2,1-3H3;1-2H3. The van der Waals surface area contributed by atoms with Gasteiger partial charge in [-0.25, -0.2) is 0 Å². The highest BCUT2D eigenvalue weighted by atomic mass is 14.4. The molecule has 1 aliphatic carbocycles. The third-order valence-electron chi connectivity index (χ3n) is 4.91. The molecule has 0 radical (unpaired) electrons. The molecule has 2 atom stereocenters. The van der Waals surface area contributed by atoms with Gasteiger partial charge < -0.3 is 0 Å². The fourth-order valence-electron chi connectivity index (χ4n) is 3.67. The Balaban J connectivity index is 0.00000116. The molecule has 22 heavy (non-hydrogen) atoms. The molecule has 0 heteroatoms. The lowest BCUT2D eigenvalue weighted by Crippen LogP contribution is -2.34. The van der Waals surface area contributed by atoms with Crippen molar-refractivity contribution in [3.8, 4) is 0 Å². The highest BCUT2D eigenvalue weighted by molar-refractivity contribution is 5.43. The first kappa shape index (κ1) is 18.7. The average molecular weight is 299 g/mol. The molecule has 1 aliphatic rings. The minimum atomic E-state index is 0.156. The van der Waals surface area contributed by atoms with Crippen LogP contribution in [0.2, 0.25) is 0 Å². The van der Waals surface area contributed by atoms with Gasteiger partial charge in [-0.2, -0.15) is 0 Å². The molecule has 0 fully saturated rings. The molecule has 0 aromatic heterocycles. The highest BCUT2D eigenvalue weighted by Crippen LogP contribution is 2.44. The molecule has 0 N–H and O–H groups in total. The third kappa shape index (κ3) is 4.12. The van der Waals surface area contributed by atoms with Gasteiger partial charge in [-0.05, 0) is 36.3 Å². The summed E-state index contributed by atoms with van der Waals surface area (Å²) < 4.78 is 0. The zero-order valence-corrected chi connectivity index (χ0v) is 15.2. The summed E-state index contributed by atoms with van der Waals surface area (Å²) in [6.07, 6.45) is 13.4. The second kappa shape index (κ2) is 9.66. The lowest BCUT2D eigenvalue weighted by Gasteiger charge is -2.40. The molecule has 1 aromatic carbocycles. The van der Waals surface area contributed by atoms with E-state index in [1.807, 2.05) is 13.8 Å². The molecule has 0 bridgehead atoms. The normalized spacial score (nSPS) is 17.8. The van der Waals surface area contributed by atoms with Crippen molar-refractivity contribution in [1.82, 2.24) is 0 Å². The van der Waals surface area contributed by atoms with Gasteiger partial charge >= 0.3 is 0 Å². The van der Waals surface area contributed by atoms with E-state index in [1.165, 1.54) is 43.2 Å². The fraction of sp³-hybridized carbons (Fsp3) is 0.545. The number of hydrogen-bond acceptors (Lipinski definition) is 0. The number of benzene rings is 1. The van der Waals surface area contributed by atoms with Crippen LogP contribution in [0.4, 0.5) is 0 Å². The van der Waals surface area contributed by atoms with Gasteiger partial charge in [-0.1, -0.05) is 96.0 Å². The van der Waals surface area contributed by atoms with Crippen LogP contribution in [0.5, 0.6) is 0 Å². The van der Waals surface area contributed by atoms with Gasteiger partial charge in [0, 0.05) is 5.41 Å². The Hall–Kier alpha value is -1.30. The Labute approximate surface area is 138 Å². The lowest BCUT2D eigenvalue weighted by molar-refractivity contribution is 0.309. The quantitative estimate of drug-likeness (QED) is 0.526. The van der Waals surface area contributed by atoms with Gasteiger partial charge in [0.05, 0.1) is 0 Å². The van der Waals surface area contributed by atoms with Crippen molar-refractivity contribution < 1.29 is 0 Å². The van der Waals surface area contributed by atoms with E-state index < -0.39 is 0 Å². The van der Waals surface area contributed by atoms with Crippen molar-refractivity contribution in [1.29, 1.82) is 0 Å². The van der Waals surface area contributed by atoms with Crippen LogP contribution in [0.15, 0.2) is 54.1 Å². The maximum Gasteiger partial charge on any atom is 0.0199 e. The predicted molar refractivity (Wildman–Crippen MR) is 100 cm³/mol. The van der Waals surface area contributed by atoms with Gasteiger partial charge in [0.25, 0.3) is 0 Å². The van der Waals surface area contributed by atoms with Crippen LogP contribution in [-0.4, -0.2) is 0 Å². The lowest BCUT2D eigenvalue weighted by atomic mass is 9.63. The Morgan fingerprint density at radius 1 is 1.05 bits per heavy atom. The third-order valence-corrected chi connectivity index (χ3v) is 4.91. The molecule has 2 rings (SSSR count). The zero-order chi connectivity index (χ0) is 16.4. The summed E-state index contributed by atoms with van der Waals surface area (Å²) in [5.41, 5.74) is 3.15. The molecular formula is C22H34. The van der Waals surface area contributed by atoms with Crippen molar-refractivity contribution in [2.75, 3.05) is 0 Å². The Kier molecular flexibility index (Phi) is 8.24. The van der Waals surface area contributed by atoms with Crippen LogP contribution in [0.3, 0.4) is 0 Å². The molecule has 0 amide bonds. The number of allylic oxidation sites excluding steroid dienone is 4. The SMILES string of the molecule is CC.CCCC(CC)C(C)(C1=CCCC=C1)c1ccccc1. The Morgan fingerprint density at radius 3 is 2.23 bits per heavy atom. The van der Waals surface area contributed by atoms with Crippen molar-refractivity contribution in [2.45, 2.75) is 72.1 Å². The van der Waals surface area contributed by atoms with Crippen LogP contribution in [0.1, 0.15) is 72.3 Å². The van der Waals surface area contributed by atoms with Crippen LogP contribution in [0.25, 0.3) is 0 Å². The monoisotopic (exact) mass is 298 g/mol. The first-order chi connectivity index (χ1) is 10.7. The van der Waals surface area contributed by atoms with E-state index in [9.17, 15) is 0 Å². The van der Waals surface area contributed by atoms with Gasteiger partial charge in [0.15, 0.2) is 0 Å². The Morgan fingerprint density at radius 2 is 1.73 bits per heavy atom. The Bertz CT molecular complexity index is 466. The zero-order valence-electron chi connectivity index (χ0n) is 15.2. The summed E-state index contributed by atoms with van der Waals surface area (Å²) in [6.45, 7) is 11.1. The molecule has 0 aliphatic heterocycles. The van der Waals surface area contributed by atoms with Crippen molar-refractivity contribution in [2.24, 2.45) is 5.92 Å². The molecule has 0 heterocycles. The average Bonchev–Trinajstić information content (AvgIpc) is 2.62. The van der Waals surface area contributed by atoms with Crippen LogP contribution in [-0.2, 0) is 5.41 Å². The van der Waals surface area contributed by atoms with Gasteiger partial charge in [-0.15, -0.1) is 0 Å². The van der Waals surface area contributed by atoms with E-state index in [0.29, 0.717) is 5.92 Å². The largest absolute Gasteiger partial charge is 0.0839 e. The smallest absolute Gasteiger partial charge is 0.0199 e. The fourth-order valence-corrected chi connectivity index (χ4v) is 3.67. The minimum Gasteiger partial charge on any atom is -0.0839 e. The molecule has 0 spiro atoms. The first-order valence-corrected chi connectivity index (χ1v) is 9.16. The van der Waals surface area contributed by atoms with E-state index in [0.717, 1.165) is 0 Å². The van der Waals surface area contributed by atoms with Crippen LogP contribution >= 0.6 is 0 Å². The number of rotatable bonds is 6. The molecule has 0 saturated carbocycles. The van der Waals surface area contributed by atoms with E-state index in [-0.39, 0.29) is 5.41 Å². The molecule has 2 unspecified atom stereocenters. The summed E-state index contributed by atoms with van der Waals surface area (Å²) in [7, 11) is 0. The van der Waals surface area contributed by atoms with Gasteiger partial charge in [0.1, 0.15) is 0 Å². The summed E-state index contributed by atoms with van der Waals surface area (Å²) in [5.74, 6) is 0.712. The maximum atomic E-state index is 2.46. The van der Waals surface area contributed by atoms with Crippen LogP contribution in [0, 0.1) is 5.92 Å². The molecule has 0 saturated heterocycles. The second-order valence-corrected chi connectivity index (χ2v) is 6.10. The summed E-state index contributed by atoms with van der Waals surface area (Å²) >= 11 is 0. The van der Waals surface area contributed by atoms with Crippen molar-refractivity contribution >= 4 is 0 Å². The first-order valence-electron chi connectivity index (χ1n) is 9.16. The molecular weight excluding hydrogens is 264 g/mol. The summed E-state index contributed by atoms with van der Waals surface area (Å²) in [6, 6.07) is 11.1. The van der Waals surface area contributed by atoms with E-state index in [4.69, 9.17) is 0 Å². The molecule has 0 nitrogen and oxygen atoms in total. The number of hydrogen-bond donors (Lipinski definition) is 0. The van der Waals surface area contributed by atoms with Crippen molar-refractivity contribution in [3.05, 3.63) is 59.7 Å². The van der Waals surface area contributed by atoms with Gasteiger partial charge in [0.2, 0.25) is 0 Å². The topological polar surface area (TPSA) is 0 Å². The van der Waals surface area contributed by atoms with Crippen molar-refractivity contribution in [3.63, 3.8) is 0 Å². The summed E-state index contributed by atoms with van der Waals surface area (Å²) in [5, 5.41) is 0. The van der Waals surface area contributed by atoms with Gasteiger partial charge in [-0.3, -0.25) is 0 Å². The van der Waals surface area contributed by atoms with E-state index in [1.54, 1.807) is 0 Å². The van der Waals surface area contributed by atoms with Crippen LogP contribution < -0.4 is 0 Å².